The Labute approximate surface area is 132 Å². The number of aromatic nitrogens is 1. The number of aliphatic hydroxyl groups is 2. The maximum atomic E-state index is 11.5. The molecule has 2 unspecified atom stereocenters. The van der Waals surface area contributed by atoms with Crippen LogP contribution in [0, 0.1) is 10.1 Å². The number of carbonyl (C=O) groups excluding carboxylic acids is 1. The van der Waals surface area contributed by atoms with E-state index in [0.29, 0.717) is 0 Å². The third-order valence-electron chi connectivity index (χ3n) is 2.68. The molecular weight excluding hydrogens is 308 g/mol. The quantitative estimate of drug-likeness (QED) is 0.448. The maximum absolute atomic E-state index is 11.5. The van der Waals surface area contributed by atoms with E-state index in [9.17, 15) is 25.1 Å². The summed E-state index contributed by atoms with van der Waals surface area (Å²) in [6, 6.07) is 1.02. The van der Waals surface area contributed by atoms with E-state index < -0.39 is 28.8 Å². The van der Waals surface area contributed by atoms with Gasteiger partial charge in [-0.1, -0.05) is 0 Å². The zero-order chi connectivity index (χ0) is 17.8. The standard InChI is InChI=1S/C13H20N4O6/c1-13(2,3)23-12(20)16-6-9(18)10(19)8-4-7(17(21)22)5-15-11(8)14/h4-5,9-10,18-19H,6H2,1-3H3,(H2,14,15)(H,16,20). The molecule has 0 aromatic carbocycles. The predicted molar refractivity (Wildman–Crippen MR) is 80.5 cm³/mol. The van der Waals surface area contributed by atoms with E-state index in [-0.39, 0.29) is 23.6 Å². The van der Waals surface area contributed by atoms with Crippen molar-refractivity contribution in [3.63, 3.8) is 0 Å². The molecule has 10 heteroatoms. The molecule has 0 bridgehead atoms. The molecule has 1 aromatic rings. The van der Waals surface area contributed by atoms with Gasteiger partial charge in [-0.05, 0) is 20.8 Å². The number of nitrogens with zero attached hydrogens (tertiary/aromatic N) is 2. The minimum atomic E-state index is -1.56. The Morgan fingerprint density at radius 3 is 2.65 bits per heavy atom. The number of anilines is 1. The first-order chi connectivity index (χ1) is 10.5. The van der Waals surface area contributed by atoms with E-state index in [2.05, 4.69) is 10.3 Å². The smallest absolute Gasteiger partial charge is 0.407 e. The van der Waals surface area contributed by atoms with Crippen LogP contribution >= 0.6 is 0 Å². The van der Waals surface area contributed by atoms with Gasteiger partial charge >= 0.3 is 6.09 Å². The summed E-state index contributed by atoms with van der Waals surface area (Å²) in [5.74, 6) is -0.153. The summed E-state index contributed by atoms with van der Waals surface area (Å²) >= 11 is 0. The highest BCUT2D eigenvalue weighted by Crippen LogP contribution is 2.25. The van der Waals surface area contributed by atoms with Crippen molar-refractivity contribution in [1.82, 2.24) is 10.3 Å². The van der Waals surface area contributed by atoms with Crippen molar-refractivity contribution in [2.75, 3.05) is 12.3 Å². The average Bonchev–Trinajstić information content (AvgIpc) is 2.42. The molecule has 0 aliphatic heterocycles. The zero-order valence-corrected chi connectivity index (χ0v) is 13.0. The molecule has 5 N–H and O–H groups in total. The lowest BCUT2D eigenvalue weighted by Crippen LogP contribution is -2.39. The van der Waals surface area contributed by atoms with Crippen LogP contribution in [0.25, 0.3) is 0 Å². The molecule has 0 spiro atoms. The number of amides is 1. The van der Waals surface area contributed by atoms with E-state index in [1.807, 2.05) is 0 Å². The van der Waals surface area contributed by atoms with Gasteiger partial charge in [0.2, 0.25) is 0 Å². The van der Waals surface area contributed by atoms with Gasteiger partial charge in [-0.3, -0.25) is 10.1 Å². The van der Waals surface area contributed by atoms with E-state index in [4.69, 9.17) is 10.5 Å². The van der Waals surface area contributed by atoms with Crippen molar-refractivity contribution in [3.8, 4) is 0 Å². The number of rotatable bonds is 5. The number of carbonyl (C=O) groups is 1. The Hall–Kier alpha value is -2.46. The number of nitro groups is 1. The average molecular weight is 328 g/mol. The third-order valence-corrected chi connectivity index (χ3v) is 2.68. The van der Waals surface area contributed by atoms with Crippen molar-refractivity contribution in [1.29, 1.82) is 0 Å². The van der Waals surface area contributed by atoms with Gasteiger partial charge in [-0.15, -0.1) is 0 Å². The highest BCUT2D eigenvalue weighted by Gasteiger charge is 2.25. The fraction of sp³-hybridized carbons (Fsp3) is 0.538. The van der Waals surface area contributed by atoms with Crippen LogP contribution in [0.3, 0.4) is 0 Å². The van der Waals surface area contributed by atoms with Crippen LogP contribution < -0.4 is 11.1 Å². The predicted octanol–water partition coefficient (Wildman–Crippen LogP) is 0.491. The number of nitrogens with two attached hydrogens (primary N) is 1. The molecule has 0 fully saturated rings. The normalized spacial score (nSPS) is 14.0. The summed E-state index contributed by atoms with van der Waals surface area (Å²) in [6.45, 7) is 4.69. The van der Waals surface area contributed by atoms with Gasteiger partial charge < -0.3 is 26.0 Å². The lowest BCUT2D eigenvalue weighted by molar-refractivity contribution is -0.385. The third kappa shape index (κ3) is 5.68. The molecule has 0 saturated heterocycles. The Balaban J connectivity index is 2.73. The molecular formula is C13H20N4O6. The second-order valence-electron chi connectivity index (χ2n) is 5.82. The van der Waals surface area contributed by atoms with Crippen LogP contribution in [-0.4, -0.2) is 44.5 Å². The van der Waals surface area contributed by atoms with Crippen molar-refractivity contribution < 1.29 is 24.7 Å². The molecule has 10 nitrogen and oxygen atoms in total. The van der Waals surface area contributed by atoms with Crippen molar-refractivity contribution in [3.05, 3.63) is 27.9 Å². The van der Waals surface area contributed by atoms with Crippen LogP contribution in [0.4, 0.5) is 16.3 Å². The van der Waals surface area contributed by atoms with E-state index in [0.717, 1.165) is 12.3 Å². The molecule has 0 aliphatic carbocycles. The van der Waals surface area contributed by atoms with Crippen molar-refractivity contribution in [2.24, 2.45) is 0 Å². The SMILES string of the molecule is CC(C)(C)OC(=O)NCC(O)C(O)c1cc([N+](=O)[O-])cnc1N. The van der Waals surface area contributed by atoms with Gasteiger partial charge in [0.1, 0.15) is 29.8 Å². The molecule has 1 rings (SSSR count). The Bertz CT molecular complexity index is 586. The number of hydrogen-bond donors (Lipinski definition) is 4. The number of pyridine rings is 1. The van der Waals surface area contributed by atoms with Gasteiger partial charge in [0, 0.05) is 18.2 Å². The molecule has 0 radical (unpaired) electrons. The Morgan fingerprint density at radius 2 is 2.13 bits per heavy atom. The summed E-state index contributed by atoms with van der Waals surface area (Å²) in [7, 11) is 0. The number of aliphatic hydroxyl groups excluding tert-OH is 2. The summed E-state index contributed by atoms with van der Waals surface area (Å²) in [5, 5.41) is 32.9. The van der Waals surface area contributed by atoms with Crippen LogP contribution in [0.1, 0.15) is 32.4 Å². The lowest BCUT2D eigenvalue weighted by Gasteiger charge is -2.22. The minimum Gasteiger partial charge on any atom is -0.444 e. The molecule has 1 heterocycles. The topological polar surface area (TPSA) is 161 Å². The minimum absolute atomic E-state index is 0.0994. The summed E-state index contributed by atoms with van der Waals surface area (Å²) < 4.78 is 4.98. The van der Waals surface area contributed by atoms with Gasteiger partial charge in [-0.2, -0.15) is 0 Å². The summed E-state index contributed by atoms with van der Waals surface area (Å²) in [5.41, 5.74) is 4.37. The van der Waals surface area contributed by atoms with Crippen LogP contribution in [0.15, 0.2) is 12.3 Å². The lowest BCUT2D eigenvalue weighted by atomic mass is 10.0. The molecule has 128 valence electrons. The monoisotopic (exact) mass is 328 g/mol. The number of alkyl carbamates (subject to hydrolysis) is 1. The number of nitrogen functional groups attached to an aromatic ring is 1. The maximum Gasteiger partial charge on any atom is 0.407 e. The van der Waals surface area contributed by atoms with E-state index >= 15 is 0 Å². The highest BCUT2D eigenvalue weighted by molar-refractivity contribution is 5.67. The van der Waals surface area contributed by atoms with Crippen molar-refractivity contribution >= 4 is 17.6 Å². The molecule has 0 saturated carbocycles. The first-order valence-electron chi connectivity index (χ1n) is 6.74. The van der Waals surface area contributed by atoms with Gasteiger partial charge in [0.05, 0.1) is 4.92 Å². The number of ether oxygens (including phenoxy) is 1. The second kappa shape index (κ2) is 7.20. The number of hydrogen-bond acceptors (Lipinski definition) is 8. The van der Waals surface area contributed by atoms with Gasteiger partial charge in [0.25, 0.3) is 5.69 Å². The fourth-order valence-corrected chi connectivity index (χ4v) is 1.64. The first-order valence-corrected chi connectivity index (χ1v) is 6.74. The molecule has 1 amide bonds. The number of nitrogens with one attached hydrogen (secondary N) is 1. The van der Waals surface area contributed by atoms with Crippen LogP contribution in [-0.2, 0) is 4.74 Å². The Morgan fingerprint density at radius 1 is 1.52 bits per heavy atom. The summed E-state index contributed by atoms with van der Waals surface area (Å²) in [6.07, 6.45) is -2.84. The van der Waals surface area contributed by atoms with E-state index in [1.54, 1.807) is 20.8 Å². The fourth-order valence-electron chi connectivity index (χ4n) is 1.64. The molecule has 2 atom stereocenters. The highest BCUT2D eigenvalue weighted by atomic mass is 16.6. The van der Waals surface area contributed by atoms with Gasteiger partial charge in [-0.25, -0.2) is 9.78 Å². The zero-order valence-electron chi connectivity index (χ0n) is 13.0. The second-order valence-corrected chi connectivity index (χ2v) is 5.82. The van der Waals surface area contributed by atoms with E-state index in [1.165, 1.54) is 0 Å². The largest absolute Gasteiger partial charge is 0.444 e. The van der Waals surface area contributed by atoms with Crippen LogP contribution in [0.5, 0.6) is 0 Å². The molecule has 23 heavy (non-hydrogen) atoms. The molecule has 0 aliphatic rings. The van der Waals surface area contributed by atoms with Crippen LogP contribution in [0.2, 0.25) is 0 Å². The Kier molecular flexibility index (Phi) is 5.82. The summed E-state index contributed by atoms with van der Waals surface area (Å²) in [4.78, 5) is 25.1. The molecule has 1 aromatic heterocycles. The van der Waals surface area contributed by atoms with Crippen molar-refractivity contribution in [2.45, 2.75) is 38.6 Å². The van der Waals surface area contributed by atoms with Gasteiger partial charge in [0.15, 0.2) is 0 Å². The first kappa shape index (κ1) is 18.6.